The molecule has 0 aromatic rings. The fourth-order valence-corrected chi connectivity index (χ4v) is 2.45. The predicted molar refractivity (Wildman–Crippen MR) is 48.6 cm³/mol. The molecule has 0 radical (unpaired) electrons. The van der Waals surface area contributed by atoms with E-state index in [0.29, 0.717) is 6.42 Å². The molecule has 74 valence electrons. The Labute approximate surface area is 73.7 Å². The summed E-state index contributed by atoms with van der Waals surface area (Å²) in [6.45, 7) is 3.22. The maximum absolute atomic E-state index is 11.1. The fourth-order valence-electron chi connectivity index (χ4n) is 0.816. The van der Waals surface area contributed by atoms with Crippen LogP contribution in [0.1, 0.15) is 20.3 Å². The van der Waals surface area contributed by atoms with Gasteiger partial charge in [0.1, 0.15) is 0 Å². The van der Waals surface area contributed by atoms with Gasteiger partial charge in [0.05, 0.1) is 17.6 Å². The molecule has 0 amide bonds. The van der Waals surface area contributed by atoms with E-state index < -0.39 is 15.9 Å². The van der Waals surface area contributed by atoms with Gasteiger partial charge in [-0.05, 0) is 20.3 Å². The Kier molecular flexibility index (Phi) is 4.74. The lowest BCUT2D eigenvalue weighted by molar-refractivity contribution is 0.218. The molecule has 0 aliphatic carbocycles. The van der Waals surface area contributed by atoms with Crippen molar-refractivity contribution in [2.75, 3.05) is 11.5 Å². The molecule has 0 aliphatic rings. The van der Waals surface area contributed by atoms with E-state index in [1.165, 1.54) is 6.92 Å². The molecule has 5 heteroatoms. The summed E-state index contributed by atoms with van der Waals surface area (Å²) in [4.78, 5) is 0. The van der Waals surface area contributed by atoms with Crippen molar-refractivity contribution in [3.05, 3.63) is 0 Å². The minimum atomic E-state index is -3.11. The van der Waals surface area contributed by atoms with Gasteiger partial charge in [-0.2, -0.15) is 0 Å². The molecular formula is C7H17NO3S. The van der Waals surface area contributed by atoms with Crippen molar-refractivity contribution in [3.8, 4) is 0 Å². The molecule has 0 saturated carbocycles. The topological polar surface area (TPSA) is 80.4 Å². The zero-order valence-electron chi connectivity index (χ0n) is 7.53. The first-order valence-corrected chi connectivity index (χ1v) is 5.79. The van der Waals surface area contributed by atoms with Crippen LogP contribution in [0.4, 0.5) is 0 Å². The van der Waals surface area contributed by atoms with Crippen LogP contribution in [0, 0.1) is 0 Å². The minimum Gasteiger partial charge on any atom is -0.392 e. The monoisotopic (exact) mass is 195 g/mol. The second-order valence-corrected chi connectivity index (χ2v) is 5.46. The van der Waals surface area contributed by atoms with E-state index >= 15 is 0 Å². The maximum Gasteiger partial charge on any atom is 0.152 e. The smallest absolute Gasteiger partial charge is 0.152 e. The number of rotatable bonds is 5. The Balaban J connectivity index is 3.89. The molecule has 0 aromatic carbocycles. The van der Waals surface area contributed by atoms with Crippen molar-refractivity contribution in [2.45, 2.75) is 32.4 Å². The average molecular weight is 195 g/mol. The normalized spacial score (nSPS) is 17.3. The number of nitrogens with two attached hydrogens (primary N) is 1. The van der Waals surface area contributed by atoms with Gasteiger partial charge in [0.2, 0.25) is 0 Å². The molecule has 0 aromatic heterocycles. The van der Waals surface area contributed by atoms with Gasteiger partial charge >= 0.3 is 0 Å². The third kappa shape index (κ3) is 6.57. The first kappa shape index (κ1) is 11.9. The van der Waals surface area contributed by atoms with Crippen LogP contribution in [0.25, 0.3) is 0 Å². The van der Waals surface area contributed by atoms with E-state index in [9.17, 15) is 8.42 Å². The van der Waals surface area contributed by atoms with Crippen molar-refractivity contribution in [1.29, 1.82) is 0 Å². The molecule has 0 heterocycles. The van der Waals surface area contributed by atoms with Crippen LogP contribution in [-0.2, 0) is 9.84 Å². The molecule has 0 bridgehead atoms. The number of aliphatic hydroxyl groups is 1. The summed E-state index contributed by atoms with van der Waals surface area (Å²) in [5.41, 5.74) is 5.40. The standard InChI is InChI=1S/C7H17NO3S/c1-6(8)3-4-12(10,11)5-7(2)9/h6-7,9H,3-5,8H2,1-2H3. The first-order chi connectivity index (χ1) is 5.33. The van der Waals surface area contributed by atoms with Gasteiger partial charge in [0.15, 0.2) is 9.84 Å². The van der Waals surface area contributed by atoms with Crippen LogP contribution in [0.5, 0.6) is 0 Å². The van der Waals surface area contributed by atoms with Gasteiger partial charge in [-0.25, -0.2) is 8.42 Å². The quantitative estimate of drug-likeness (QED) is 0.621. The lowest BCUT2D eigenvalue weighted by Gasteiger charge is -2.07. The Morgan fingerprint density at radius 1 is 1.42 bits per heavy atom. The van der Waals surface area contributed by atoms with E-state index in [0.717, 1.165) is 0 Å². The number of hydrogen-bond acceptors (Lipinski definition) is 4. The minimum absolute atomic E-state index is 0.0650. The van der Waals surface area contributed by atoms with Crippen LogP contribution in [-0.4, -0.2) is 37.2 Å². The van der Waals surface area contributed by atoms with Gasteiger partial charge < -0.3 is 10.8 Å². The first-order valence-electron chi connectivity index (χ1n) is 3.97. The average Bonchev–Trinajstić information content (AvgIpc) is 1.81. The molecule has 4 nitrogen and oxygen atoms in total. The molecule has 12 heavy (non-hydrogen) atoms. The number of hydrogen-bond donors (Lipinski definition) is 2. The Bertz CT molecular complexity index is 209. The summed E-state index contributed by atoms with van der Waals surface area (Å²) in [6, 6.07) is -0.103. The van der Waals surface area contributed by atoms with E-state index in [2.05, 4.69) is 0 Å². The molecule has 0 spiro atoms. The highest BCUT2D eigenvalue weighted by molar-refractivity contribution is 7.91. The van der Waals surface area contributed by atoms with Crippen molar-refractivity contribution >= 4 is 9.84 Å². The van der Waals surface area contributed by atoms with Crippen LogP contribution >= 0.6 is 0 Å². The highest BCUT2D eigenvalue weighted by Gasteiger charge is 2.14. The largest absolute Gasteiger partial charge is 0.392 e. The van der Waals surface area contributed by atoms with Crippen LogP contribution in [0.15, 0.2) is 0 Å². The predicted octanol–water partition coefficient (Wildman–Crippen LogP) is -0.481. The molecule has 0 rings (SSSR count). The third-order valence-corrected chi connectivity index (χ3v) is 3.23. The lowest BCUT2D eigenvalue weighted by atomic mass is 10.3. The fraction of sp³-hybridized carbons (Fsp3) is 1.00. The summed E-state index contributed by atoms with van der Waals surface area (Å²) in [6.07, 6.45) is -0.335. The summed E-state index contributed by atoms with van der Waals surface area (Å²) in [5, 5.41) is 8.84. The number of aliphatic hydroxyl groups excluding tert-OH is 1. The molecule has 0 fully saturated rings. The zero-order valence-corrected chi connectivity index (χ0v) is 8.34. The van der Waals surface area contributed by atoms with E-state index in [1.807, 2.05) is 0 Å². The van der Waals surface area contributed by atoms with Gasteiger partial charge in [0.25, 0.3) is 0 Å². The molecule has 2 unspecified atom stereocenters. The van der Waals surface area contributed by atoms with E-state index in [4.69, 9.17) is 10.8 Å². The zero-order chi connectivity index (χ0) is 9.78. The Morgan fingerprint density at radius 3 is 2.25 bits per heavy atom. The van der Waals surface area contributed by atoms with Gasteiger partial charge in [0, 0.05) is 6.04 Å². The van der Waals surface area contributed by atoms with Crippen molar-refractivity contribution < 1.29 is 13.5 Å². The molecule has 0 aliphatic heterocycles. The van der Waals surface area contributed by atoms with E-state index in [1.54, 1.807) is 6.92 Å². The Hall–Kier alpha value is -0.130. The summed E-state index contributed by atoms with van der Waals surface area (Å²) in [7, 11) is -3.11. The molecular weight excluding hydrogens is 178 g/mol. The summed E-state index contributed by atoms with van der Waals surface area (Å²) in [5.74, 6) is -0.102. The van der Waals surface area contributed by atoms with Crippen LogP contribution in [0.3, 0.4) is 0 Å². The summed E-state index contributed by atoms with van der Waals surface area (Å²) >= 11 is 0. The summed E-state index contributed by atoms with van der Waals surface area (Å²) < 4.78 is 22.3. The lowest BCUT2D eigenvalue weighted by Crippen LogP contribution is -2.25. The SMILES string of the molecule is CC(N)CCS(=O)(=O)CC(C)O. The number of sulfone groups is 1. The molecule has 2 atom stereocenters. The Morgan fingerprint density at radius 2 is 1.92 bits per heavy atom. The second-order valence-electron chi connectivity index (χ2n) is 3.23. The van der Waals surface area contributed by atoms with Crippen molar-refractivity contribution in [1.82, 2.24) is 0 Å². The molecule has 3 N–H and O–H groups in total. The van der Waals surface area contributed by atoms with Crippen molar-refractivity contribution in [3.63, 3.8) is 0 Å². The third-order valence-electron chi connectivity index (χ3n) is 1.38. The van der Waals surface area contributed by atoms with Crippen LogP contribution < -0.4 is 5.73 Å². The maximum atomic E-state index is 11.1. The van der Waals surface area contributed by atoms with Crippen molar-refractivity contribution in [2.24, 2.45) is 5.73 Å². The van der Waals surface area contributed by atoms with E-state index in [-0.39, 0.29) is 17.5 Å². The van der Waals surface area contributed by atoms with Gasteiger partial charge in [-0.3, -0.25) is 0 Å². The van der Waals surface area contributed by atoms with Gasteiger partial charge in [-0.15, -0.1) is 0 Å². The van der Waals surface area contributed by atoms with Crippen LogP contribution in [0.2, 0.25) is 0 Å². The second kappa shape index (κ2) is 4.79. The van der Waals surface area contributed by atoms with Gasteiger partial charge in [-0.1, -0.05) is 0 Å². The highest BCUT2D eigenvalue weighted by atomic mass is 32.2. The highest BCUT2D eigenvalue weighted by Crippen LogP contribution is 1.98. The molecule has 0 saturated heterocycles.